The molecule has 0 aromatic carbocycles. The Balaban J connectivity index is 1.70. The van der Waals surface area contributed by atoms with Gasteiger partial charge in [0.1, 0.15) is 11.3 Å². The highest BCUT2D eigenvalue weighted by molar-refractivity contribution is 7.80. The van der Waals surface area contributed by atoms with Crippen molar-refractivity contribution in [2.45, 2.75) is 38.3 Å². The molecule has 1 aliphatic carbocycles. The fourth-order valence-electron chi connectivity index (χ4n) is 2.48. The van der Waals surface area contributed by atoms with Crippen molar-refractivity contribution in [1.29, 1.82) is 0 Å². The van der Waals surface area contributed by atoms with Gasteiger partial charge < -0.3 is 5.73 Å². The van der Waals surface area contributed by atoms with Crippen LogP contribution in [0.25, 0.3) is 0 Å². The molecule has 2 aromatic heterocycles. The summed E-state index contributed by atoms with van der Waals surface area (Å²) in [5, 5.41) is 8.81. The van der Waals surface area contributed by atoms with E-state index in [2.05, 4.69) is 26.1 Å². The fraction of sp³-hybridized carbons (Fsp3) is 0.500. The molecule has 100 valence electrons. The Morgan fingerprint density at radius 1 is 1.37 bits per heavy atom. The first-order valence-electron chi connectivity index (χ1n) is 6.45. The standard InChI is InChI=1S/C12H16N6S/c13-11(19)12-14-8-17(16-12)7-9-5-6-18(15-9)10-3-1-2-4-10/h5-6,8,10H,1-4,7H2,(H2,13,19). The first-order valence-corrected chi connectivity index (χ1v) is 6.86. The van der Waals surface area contributed by atoms with Gasteiger partial charge >= 0.3 is 0 Å². The number of hydrogen-bond acceptors (Lipinski definition) is 4. The molecule has 1 aliphatic rings. The highest BCUT2D eigenvalue weighted by atomic mass is 32.1. The van der Waals surface area contributed by atoms with Gasteiger partial charge in [0.05, 0.1) is 18.3 Å². The first kappa shape index (κ1) is 12.3. The van der Waals surface area contributed by atoms with E-state index < -0.39 is 0 Å². The molecule has 3 rings (SSSR count). The van der Waals surface area contributed by atoms with Crippen molar-refractivity contribution >= 4 is 17.2 Å². The summed E-state index contributed by atoms with van der Waals surface area (Å²) in [6.07, 6.45) is 8.76. The van der Waals surface area contributed by atoms with Crippen LogP contribution in [-0.4, -0.2) is 29.5 Å². The fourth-order valence-corrected chi connectivity index (χ4v) is 2.58. The van der Waals surface area contributed by atoms with Crippen LogP contribution >= 0.6 is 12.2 Å². The molecule has 1 fully saturated rings. The molecule has 2 heterocycles. The summed E-state index contributed by atoms with van der Waals surface area (Å²) in [6, 6.07) is 2.59. The minimum Gasteiger partial charge on any atom is -0.387 e. The van der Waals surface area contributed by atoms with Gasteiger partial charge in [0.15, 0.2) is 0 Å². The minimum atomic E-state index is 0.218. The molecule has 7 heteroatoms. The Kier molecular flexibility index (Phi) is 3.29. The SMILES string of the molecule is NC(=S)c1ncn(Cc2ccn(C3CCCC3)n2)n1. The van der Waals surface area contributed by atoms with Crippen molar-refractivity contribution < 1.29 is 0 Å². The van der Waals surface area contributed by atoms with E-state index in [-0.39, 0.29) is 4.99 Å². The summed E-state index contributed by atoms with van der Waals surface area (Å²) in [4.78, 5) is 4.26. The molecule has 0 unspecified atom stereocenters. The van der Waals surface area contributed by atoms with E-state index in [1.807, 2.05) is 6.07 Å². The molecular formula is C12H16N6S. The lowest BCUT2D eigenvalue weighted by molar-refractivity contribution is 0.460. The van der Waals surface area contributed by atoms with Crippen molar-refractivity contribution in [1.82, 2.24) is 24.5 Å². The van der Waals surface area contributed by atoms with Crippen molar-refractivity contribution in [3.8, 4) is 0 Å². The molecule has 0 saturated heterocycles. The van der Waals surface area contributed by atoms with E-state index in [0.717, 1.165) is 5.69 Å². The number of rotatable bonds is 4. The Morgan fingerprint density at radius 2 is 2.16 bits per heavy atom. The molecule has 6 nitrogen and oxygen atoms in total. The quantitative estimate of drug-likeness (QED) is 0.851. The zero-order valence-electron chi connectivity index (χ0n) is 10.6. The van der Waals surface area contributed by atoms with Gasteiger partial charge in [-0.3, -0.25) is 4.68 Å². The first-order chi connectivity index (χ1) is 9.22. The van der Waals surface area contributed by atoms with Gasteiger partial charge in [0.2, 0.25) is 5.82 Å². The molecule has 0 radical (unpaired) electrons. The Morgan fingerprint density at radius 3 is 2.84 bits per heavy atom. The minimum absolute atomic E-state index is 0.218. The van der Waals surface area contributed by atoms with Gasteiger partial charge in [-0.15, -0.1) is 5.10 Å². The third-order valence-corrected chi connectivity index (χ3v) is 3.63. The van der Waals surface area contributed by atoms with Crippen LogP contribution in [0.2, 0.25) is 0 Å². The average molecular weight is 276 g/mol. The van der Waals surface area contributed by atoms with Crippen LogP contribution in [0, 0.1) is 0 Å². The summed E-state index contributed by atoms with van der Waals surface area (Å²) in [5.74, 6) is 0.408. The zero-order valence-corrected chi connectivity index (χ0v) is 11.4. The Bertz CT molecular complexity index is 581. The molecule has 2 aromatic rings. The third kappa shape index (κ3) is 2.65. The number of hydrogen-bond donors (Lipinski definition) is 1. The van der Waals surface area contributed by atoms with Crippen molar-refractivity contribution in [3.05, 3.63) is 30.1 Å². The van der Waals surface area contributed by atoms with Crippen molar-refractivity contribution in [2.75, 3.05) is 0 Å². The van der Waals surface area contributed by atoms with Crippen LogP contribution in [0.5, 0.6) is 0 Å². The number of nitrogens with zero attached hydrogens (tertiary/aromatic N) is 5. The van der Waals surface area contributed by atoms with Crippen LogP contribution in [0.1, 0.15) is 43.2 Å². The monoisotopic (exact) mass is 276 g/mol. The van der Waals surface area contributed by atoms with Gasteiger partial charge in [-0.1, -0.05) is 25.1 Å². The van der Waals surface area contributed by atoms with Crippen molar-refractivity contribution in [2.24, 2.45) is 5.73 Å². The lowest BCUT2D eigenvalue weighted by Crippen LogP contribution is -2.12. The third-order valence-electron chi connectivity index (χ3n) is 3.44. The molecule has 0 amide bonds. The van der Waals surface area contributed by atoms with Crippen LogP contribution < -0.4 is 5.73 Å². The number of thiocarbonyl (C=S) groups is 1. The topological polar surface area (TPSA) is 74.5 Å². The maximum Gasteiger partial charge on any atom is 0.208 e. The van der Waals surface area contributed by atoms with E-state index >= 15 is 0 Å². The molecule has 0 atom stereocenters. The summed E-state index contributed by atoms with van der Waals surface area (Å²) in [6.45, 7) is 0.593. The van der Waals surface area contributed by atoms with Crippen LogP contribution in [0.15, 0.2) is 18.6 Å². The summed E-state index contributed by atoms with van der Waals surface area (Å²) >= 11 is 4.84. The van der Waals surface area contributed by atoms with Gasteiger partial charge in [0.25, 0.3) is 0 Å². The van der Waals surface area contributed by atoms with E-state index in [0.29, 0.717) is 18.4 Å². The number of aromatic nitrogens is 5. The average Bonchev–Trinajstić information content (AvgIpc) is 3.09. The maximum absolute atomic E-state index is 5.48. The maximum atomic E-state index is 5.48. The van der Waals surface area contributed by atoms with E-state index in [1.54, 1.807) is 11.0 Å². The van der Waals surface area contributed by atoms with E-state index in [4.69, 9.17) is 18.0 Å². The van der Waals surface area contributed by atoms with E-state index in [1.165, 1.54) is 25.7 Å². The highest BCUT2D eigenvalue weighted by Crippen LogP contribution is 2.28. The van der Waals surface area contributed by atoms with Gasteiger partial charge in [0, 0.05) is 6.20 Å². The predicted octanol–water partition coefficient (Wildman–Crippen LogP) is 1.27. The molecular weight excluding hydrogens is 260 g/mol. The molecule has 0 spiro atoms. The summed E-state index contributed by atoms with van der Waals surface area (Å²) in [7, 11) is 0. The lowest BCUT2D eigenvalue weighted by Gasteiger charge is -2.08. The Hall–Kier alpha value is -1.76. The summed E-state index contributed by atoms with van der Waals surface area (Å²) < 4.78 is 3.78. The van der Waals surface area contributed by atoms with Crippen LogP contribution in [0.4, 0.5) is 0 Å². The summed E-state index contributed by atoms with van der Waals surface area (Å²) in [5.41, 5.74) is 6.46. The lowest BCUT2D eigenvalue weighted by atomic mass is 10.3. The smallest absolute Gasteiger partial charge is 0.208 e. The van der Waals surface area contributed by atoms with Gasteiger partial charge in [-0.2, -0.15) is 5.10 Å². The predicted molar refractivity (Wildman–Crippen MR) is 74.7 cm³/mol. The van der Waals surface area contributed by atoms with Crippen LogP contribution in [-0.2, 0) is 6.54 Å². The second kappa shape index (κ2) is 5.08. The molecule has 0 bridgehead atoms. The second-order valence-corrected chi connectivity index (χ2v) is 5.30. The molecule has 0 aliphatic heterocycles. The molecule has 2 N–H and O–H groups in total. The zero-order chi connectivity index (χ0) is 13.2. The molecule has 1 saturated carbocycles. The molecule has 19 heavy (non-hydrogen) atoms. The van der Waals surface area contributed by atoms with Gasteiger partial charge in [-0.25, -0.2) is 9.67 Å². The number of nitrogens with two attached hydrogens (primary N) is 1. The second-order valence-electron chi connectivity index (χ2n) is 4.86. The Labute approximate surface area is 116 Å². The van der Waals surface area contributed by atoms with Crippen LogP contribution in [0.3, 0.4) is 0 Å². The highest BCUT2D eigenvalue weighted by Gasteiger charge is 2.17. The largest absolute Gasteiger partial charge is 0.387 e. The van der Waals surface area contributed by atoms with Gasteiger partial charge in [-0.05, 0) is 18.9 Å². The normalized spacial score (nSPS) is 16.0. The van der Waals surface area contributed by atoms with E-state index in [9.17, 15) is 0 Å². The van der Waals surface area contributed by atoms with Crippen molar-refractivity contribution in [3.63, 3.8) is 0 Å².